The average molecular weight is 267 g/mol. The number of hydrogen-bond donors (Lipinski definition) is 1. The van der Waals surface area contributed by atoms with E-state index in [1.165, 1.54) is 24.9 Å². The van der Waals surface area contributed by atoms with Gasteiger partial charge in [0.1, 0.15) is 0 Å². The first-order valence-corrected chi connectivity index (χ1v) is 7.26. The fraction of sp³-hybridized carbons (Fsp3) is 0.600. The van der Waals surface area contributed by atoms with E-state index in [1.54, 1.807) is 0 Å². The van der Waals surface area contributed by atoms with E-state index in [9.17, 15) is 0 Å². The van der Waals surface area contributed by atoms with E-state index < -0.39 is 0 Å². The second-order valence-corrected chi connectivity index (χ2v) is 5.59. The highest BCUT2D eigenvalue weighted by Crippen LogP contribution is 2.26. The first kappa shape index (κ1) is 13.9. The molecular weight excluding hydrogens is 244 g/mol. The summed E-state index contributed by atoms with van der Waals surface area (Å²) in [6, 6.07) is 9.24. The molecule has 1 aromatic carbocycles. The van der Waals surface area contributed by atoms with Gasteiger partial charge in [-0.05, 0) is 51.4 Å². The molecule has 0 amide bonds. The van der Waals surface area contributed by atoms with Crippen molar-refractivity contribution in [2.24, 2.45) is 0 Å². The molecule has 1 aromatic rings. The van der Waals surface area contributed by atoms with E-state index >= 15 is 0 Å². The molecule has 2 nitrogen and oxygen atoms in total. The van der Waals surface area contributed by atoms with E-state index in [4.69, 9.17) is 11.6 Å². The fourth-order valence-electron chi connectivity index (χ4n) is 2.83. The lowest BCUT2D eigenvalue weighted by Crippen LogP contribution is -2.30. The van der Waals surface area contributed by atoms with Gasteiger partial charge in [0.25, 0.3) is 0 Å². The summed E-state index contributed by atoms with van der Waals surface area (Å²) in [6.07, 6.45) is 3.80. The van der Waals surface area contributed by atoms with E-state index in [2.05, 4.69) is 29.3 Å². The molecule has 18 heavy (non-hydrogen) atoms. The summed E-state index contributed by atoms with van der Waals surface area (Å²) in [7, 11) is 2.02. The summed E-state index contributed by atoms with van der Waals surface area (Å²) in [5.41, 5.74) is 1.22. The Morgan fingerprint density at radius 1 is 1.44 bits per heavy atom. The maximum Gasteiger partial charge on any atom is 0.0453 e. The lowest BCUT2D eigenvalue weighted by molar-refractivity contribution is 0.253. The Morgan fingerprint density at radius 2 is 2.22 bits per heavy atom. The molecule has 1 aliphatic rings. The molecule has 0 aliphatic carbocycles. The van der Waals surface area contributed by atoms with E-state index in [0.29, 0.717) is 6.04 Å². The highest BCUT2D eigenvalue weighted by Gasteiger charge is 2.21. The summed E-state index contributed by atoms with van der Waals surface area (Å²) in [5, 5.41) is 4.25. The fourth-order valence-corrected chi connectivity index (χ4v) is 3.10. The summed E-state index contributed by atoms with van der Waals surface area (Å²) in [4.78, 5) is 2.58. The van der Waals surface area contributed by atoms with E-state index in [-0.39, 0.29) is 0 Å². The minimum atomic E-state index is 0.353. The van der Waals surface area contributed by atoms with Crippen LogP contribution in [0, 0.1) is 0 Å². The summed E-state index contributed by atoms with van der Waals surface area (Å²) in [6.45, 7) is 4.73. The molecule has 1 heterocycles. The van der Waals surface area contributed by atoms with Gasteiger partial charge >= 0.3 is 0 Å². The minimum absolute atomic E-state index is 0.353. The lowest BCUT2D eigenvalue weighted by Gasteiger charge is -2.25. The molecule has 3 heteroatoms. The van der Waals surface area contributed by atoms with Gasteiger partial charge in [-0.25, -0.2) is 0 Å². The van der Waals surface area contributed by atoms with E-state index in [1.807, 2.05) is 19.2 Å². The largest absolute Gasteiger partial charge is 0.313 e. The number of nitrogens with zero attached hydrogens (tertiary/aromatic N) is 1. The summed E-state index contributed by atoms with van der Waals surface area (Å²) in [5.74, 6) is 0. The molecular formula is C15H23ClN2. The van der Waals surface area contributed by atoms with Crippen LogP contribution in [0.5, 0.6) is 0 Å². The number of likely N-dealkylation sites (tertiary alicyclic amines) is 1. The van der Waals surface area contributed by atoms with Crippen molar-refractivity contribution in [3.05, 3.63) is 34.9 Å². The van der Waals surface area contributed by atoms with Crippen molar-refractivity contribution in [2.45, 2.75) is 38.3 Å². The van der Waals surface area contributed by atoms with Crippen molar-refractivity contribution in [2.75, 3.05) is 20.1 Å². The highest BCUT2D eigenvalue weighted by molar-refractivity contribution is 6.31. The molecule has 1 aliphatic heterocycles. The molecule has 0 spiro atoms. The van der Waals surface area contributed by atoms with Crippen LogP contribution in [0.3, 0.4) is 0 Å². The van der Waals surface area contributed by atoms with Gasteiger partial charge in [-0.2, -0.15) is 0 Å². The monoisotopic (exact) mass is 266 g/mol. The SMILES string of the molecule is CNC(CCN1CCCC1C)c1ccccc1Cl. The Balaban J connectivity index is 1.95. The first-order chi connectivity index (χ1) is 8.72. The third-order valence-corrected chi connectivity index (χ3v) is 4.37. The topological polar surface area (TPSA) is 15.3 Å². The maximum absolute atomic E-state index is 6.27. The van der Waals surface area contributed by atoms with Crippen molar-refractivity contribution >= 4 is 11.6 Å². The van der Waals surface area contributed by atoms with Crippen LogP contribution in [0.25, 0.3) is 0 Å². The second-order valence-electron chi connectivity index (χ2n) is 5.18. The van der Waals surface area contributed by atoms with Crippen LogP contribution in [0.2, 0.25) is 5.02 Å². The lowest BCUT2D eigenvalue weighted by atomic mass is 10.0. The second kappa shape index (κ2) is 6.55. The third kappa shape index (κ3) is 3.25. The molecule has 2 unspecified atom stereocenters. The molecule has 0 aromatic heterocycles. The zero-order chi connectivity index (χ0) is 13.0. The molecule has 0 radical (unpaired) electrons. The first-order valence-electron chi connectivity index (χ1n) is 6.88. The Bertz CT molecular complexity index is 381. The number of nitrogens with one attached hydrogen (secondary N) is 1. The van der Waals surface area contributed by atoms with Crippen molar-refractivity contribution in [1.82, 2.24) is 10.2 Å². The molecule has 100 valence electrons. The normalized spacial score (nSPS) is 22.3. The summed E-state index contributed by atoms with van der Waals surface area (Å²) < 4.78 is 0. The van der Waals surface area contributed by atoms with Gasteiger partial charge in [0.15, 0.2) is 0 Å². The van der Waals surface area contributed by atoms with Crippen LogP contribution >= 0.6 is 11.6 Å². The van der Waals surface area contributed by atoms with Gasteiger partial charge in [-0.1, -0.05) is 29.8 Å². The van der Waals surface area contributed by atoms with Crippen LogP contribution in [0.1, 0.15) is 37.8 Å². The number of halogens is 1. The van der Waals surface area contributed by atoms with Crippen molar-refractivity contribution < 1.29 is 0 Å². The Morgan fingerprint density at radius 3 is 2.83 bits per heavy atom. The van der Waals surface area contributed by atoms with Gasteiger partial charge < -0.3 is 10.2 Å². The van der Waals surface area contributed by atoms with E-state index in [0.717, 1.165) is 24.0 Å². The van der Waals surface area contributed by atoms with Gasteiger partial charge in [0, 0.05) is 23.7 Å². The maximum atomic E-state index is 6.27. The average Bonchev–Trinajstić information content (AvgIpc) is 2.78. The van der Waals surface area contributed by atoms with Crippen LogP contribution in [-0.2, 0) is 0 Å². The Labute approximate surface area is 115 Å². The van der Waals surface area contributed by atoms with Gasteiger partial charge in [0.2, 0.25) is 0 Å². The Kier molecular flexibility index (Phi) is 5.04. The number of benzene rings is 1. The molecule has 1 fully saturated rings. The summed E-state index contributed by atoms with van der Waals surface area (Å²) >= 11 is 6.27. The molecule has 0 bridgehead atoms. The van der Waals surface area contributed by atoms with Crippen molar-refractivity contribution in [3.63, 3.8) is 0 Å². The molecule has 1 N–H and O–H groups in total. The molecule has 0 saturated carbocycles. The molecule has 2 atom stereocenters. The van der Waals surface area contributed by atoms with Crippen LogP contribution in [0.4, 0.5) is 0 Å². The van der Waals surface area contributed by atoms with Crippen molar-refractivity contribution in [1.29, 1.82) is 0 Å². The van der Waals surface area contributed by atoms with Crippen LogP contribution in [0.15, 0.2) is 24.3 Å². The van der Waals surface area contributed by atoms with Gasteiger partial charge in [-0.3, -0.25) is 0 Å². The standard InChI is InChI=1S/C15H23ClN2/c1-12-6-5-10-18(12)11-9-15(17-2)13-7-3-4-8-14(13)16/h3-4,7-8,12,15,17H,5-6,9-11H2,1-2H3. The Hall–Kier alpha value is -0.570. The van der Waals surface area contributed by atoms with Gasteiger partial charge in [-0.15, -0.1) is 0 Å². The zero-order valence-corrected chi connectivity index (χ0v) is 12.1. The zero-order valence-electron chi connectivity index (χ0n) is 11.3. The van der Waals surface area contributed by atoms with Crippen LogP contribution < -0.4 is 5.32 Å². The molecule has 2 rings (SSSR count). The predicted octanol–water partition coefficient (Wildman–Crippen LogP) is 3.47. The predicted molar refractivity (Wildman–Crippen MR) is 78.1 cm³/mol. The van der Waals surface area contributed by atoms with Crippen LogP contribution in [-0.4, -0.2) is 31.1 Å². The smallest absolute Gasteiger partial charge is 0.0453 e. The number of hydrogen-bond acceptors (Lipinski definition) is 2. The third-order valence-electron chi connectivity index (χ3n) is 4.02. The van der Waals surface area contributed by atoms with Crippen molar-refractivity contribution in [3.8, 4) is 0 Å². The van der Waals surface area contributed by atoms with Gasteiger partial charge in [0.05, 0.1) is 0 Å². The quantitative estimate of drug-likeness (QED) is 0.878. The number of rotatable bonds is 5. The highest BCUT2D eigenvalue weighted by atomic mass is 35.5. The molecule has 1 saturated heterocycles. The minimum Gasteiger partial charge on any atom is -0.313 e.